The van der Waals surface area contributed by atoms with Crippen molar-refractivity contribution in [1.82, 2.24) is 5.32 Å². The lowest BCUT2D eigenvalue weighted by Gasteiger charge is -2.22. The molecule has 112 valence electrons. The molecule has 0 fully saturated rings. The Morgan fingerprint density at radius 1 is 1.45 bits per heavy atom. The topological polar surface area (TPSA) is 125 Å². The Morgan fingerprint density at radius 3 is 2.64 bits per heavy atom. The first kappa shape index (κ1) is 15.2. The van der Waals surface area contributed by atoms with Crippen molar-refractivity contribution < 1.29 is 14.5 Å². The Balaban J connectivity index is 2.18. The van der Waals surface area contributed by atoms with Crippen LogP contribution in [0.1, 0.15) is 13.3 Å². The minimum absolute atomic E-state index is 0.0940. The maximum atomic E-state index is 12.2. The lowest BCUT2D eigenvalue weighted by molar-refractivity contribution is -0.384. The standard InChI is InChI=1S/C14H12N4O4/c1-8-12(7-15)11(6-13(19)16-8)14(20)17-9-2-4-10(5-3-9)18(21)22/h2-5,11H,6H2,1H3,(H,16,19)(H,17,20)/t11-/m1/s1. The molecule has 1 aromatic carbocycles. The van der Waals surface area contributed by atoms with Gasteiger partial charge in [-0.25, -0.2) is 0 Å². The third-order valence-corrected chi connectivity index (χ3v) is 3.25. The van der Waals surface area contributed by atoms with Gasteiger partial charge in [0, 0.05) is 29.9 Å². The van der Waals surface area contributed by atoms with E-state index < -0.39 is 16.7 Å². The van der Waals surface area contributed by atoms with E-state index in [1.807, 2.05) is 6.07 Å². The Bertz CT molecular complexity index is 715. The van der Waals surface area contributed by atoms with Crippen LogP contribution >= 0.6 is 0 Å². The quantitative estimate of drug-likeness (QED) is 0.645. The Labute approximate surface area is 125 Å². The molecule has 8 heteroatoms. The normalized spacial score (nSPS) is 17.5. The molecule has 8 nitrogen and oxygen atoms in total. The van der Waals surface area contributed by atoms with Crippen LogP contribution in [0.3, 0.4) is 0 Å². The van der Waals surface area contributed by atoms with Crippen LogP contribution in [0.25, 0.3) is 0 Å². The number of nitriles is 1. The zero-order valence-corrected chi connectivity index (χ0v) is 11.6. The highest BCUT2D eigenvalue weighted by Crippen LogP contribution is 2.24. The number of carbonyl (C=O) groups excluding carboxylic acids is 2. The summed E-state index contributed by atoms with van der Waals surface area (Å²) in [6, 6.07) is 7.23. The van der Waals surface area contributed by atoms with Crippen molar-refractivity contribution in [3.8, 4) is 6.07 Å². The number of rotatable bonds is 3. The molecule has 0 aliphatic carbocycles. The summed E-state index contributed by atoms with van der Waals surface area (Å²) in [5, 5.41) is 24.8. The van der Waals surface area contributed by atoms with Crippen molar-refractivity contribution in [2.75, 3.05) is 5.32 Å². The maximum Gasteiger partial charge on any atom is 0.269 e. The molecular formula is C14H12N4O4. The number of carbonyl (C=O) groups is 2. The second-order valence-electron chi connectivity index (χ2n) is 4.75. The van der Waals surface area contributed by atoms with Gasteiger partial charge in [-0.1, -0.05) is 0 Å². The van der Waals surface area contributed by atoms with Gasteiger partial charge in [0.05, 0.1) is 22.5 Å². The largest absolute Gasteiger partial charge is 0.329 e. The summed E-state index contributed by atoms with van der Waals surface area (Å²) in [4.78, 5) is 33.8. The molecule has 0 saturated heterocycles. The SMILES string of the molecule is CC1=C(C#N)[C@H](C(=O)Nc2ccc([N+](=O)[O-])cc2)CC(=O)N1. The van der Waals surface area contributed by atoms with Crippen LogP contribution in [0.5, 0.6) is 0 Å². The molecular weight excluding hydrogens is 288 g/mol. The van der Waals surface area contributed by atoms with E-state index >= 15 is 0 Å². The predicted octanol–water partition coefficient (Wildman–Crippen LogP) is 1.47. The lowest BCUT2D eigenvalue weighted by atomic mass is 9.90. The summed E-state index contributed by atoms with van der Waals surface area (Å²) < 4.78 is 0. The zero-order chi connectivity index (χ0) is 16.3. The number of nitro groups is 1. The van der Waals surface area contributed by atoms with Crippen LogP contribution in [-0.2, 0) is 9.59 Å². The van der Waals surface area contributed by atoms with Crippen molar-refractivity contribution in [2.45, 2.75) is 13.3 Å². The predicted molar refractivity (Wildman–Crippen MR) is 76.3 cm³/mol. The number of non-ortho nitro benzene ring substituents is 1. The number of nitrogens with one attached hydrogen (secondary N) is 2. The summed E-state index contributed by atoms with van der Waals surface area (Å²) in [6.07, 6.45) is -0.112. The molecule has 1 aromatic rings. The highest BCUT2D eigenvalue weighted by molar-refractivity contribution is 5.99. The van der Waals surface area contributed by atoms with E-state index in [-0.39, 0.29) is 23.6 Å². The first-order valence-electron chi connectivity index (χ1n) is 6.38. The second kappa shape index (κ2) is 6.05. The van der Waals surface area contributed by atoms with Crippen molar-refractivity contribution in [3.63, 3.8) is 0 Å². The van der Waals surface area contributed by atoms with Gasteiger partial charge in [-0.15, -0.1) is 0 Å². The minimum atomic E-state index is -0.867. The molecule has 1 aliphatic heterocycles. The number of hydrogen-bond acceptors (Lipinski definition) is 5. The number of hydrogen-bond donors (Lipinski definition) is 2. The van der Waals surface area contributed by atoms with E-state index in [1.54, 1.807) is 6.92 Å². The number of allylic oxidation sites excluding steroid dienone is 1. The molecule has 0 radical (unpaired) electrons. The molecule has 0 bridgehead atoms. The summed E-state index contributed by atoms with van der Waals surface area (Å²) in [6.45, 7) is 1.56. The van der Waals surface area contributed by atoms with Gasteiger partial charge in [0.2, 0.25) is 11.8 Å². The van der Waals surface area contributed by atoms with Crippen LogP contribution in [0.2, 0.25) is 0 Å². The molecule has 22 heavy (non-hydrogen) atoms. The summed E-state index contributed by atoms with van der Waals surface area (Å²) >= 11 is 0. The van der Waals surface area contributed by atoms with Crippen LogP contribution in [0.4, 0.5) is 11.4 Å². The summed E-state index contributed by atoms with van der Waals surface area (Å²) in [5.41, 5.74) is 0.835. The fourth-order valence-electron chi connectivity index (χ4n) is 2.16. The zero-order valence-electron chi connectivity index (χ0n) is 11.6. The maximum absolute atomic E-state index is 12.2. The van der Waals surface area contributed by atoms with E-state index in [0.29, 0.717) is 11.4 Å². The molecule has 1 aliphatic rings. The van der Waals surface area contributed by atoms with E-state index in [4.69, 9.17) is 5.26 Å². The molecule has 0 aromatic heterocycles. The van der Waals surface area contributed by atoms with E-state index in [2.05, 4.69) is 10.6 Å². The van der Waals surface area contributed by atoms with Crippen molar-refractivity contribution in [2.24, 2.45) is 5.92 Å². The summed E-state index contributed by atoms with van der Waals surface area (Å²) in [5.74, 6) is -1.70. The summed E-state index contributed by atoms with van der Waals surface area (Å²) in [7, 11) is 0. The fraction of sp³-hybridized carbons (Fsp3) is 0.214. The average Bonchev–Trinajstić information content (AvgIpc) is 2.47. The van der Waals surface area contributed by atoms with Crippen molar-refractivity contribution in [3.05, 3.63) is 45.6 Å². The molecule has 1 heterocycles. The Kier molecular flexibility index (Phi) is 4.18. The fourth-order valence-corrected chi connectivity index (χ4v) is 2.16. The number of benzene rings is 1. The van der Waals surface area contributed by atoms with Gasteiger partial charge in [-0.3, -0.25) is 19.7 Å². The Morgan fingerprint density at radius 2 is 2.09 bits per heavy atom. The first-order valence-corrected chi connectivity index (χ1v) is 6.38. The molecule has 0 saturated carbocycles. The van der Waals surface area contributed by atoms with Crippen molar-refractivity contribution >= 4 is 23.2 Å². The Hall–Kier alpha value is -3.21. The third kappa shape index (κ3) is 3.09. The third-order valence-electron chi connectivity index (χ3n) is 3.25. The van der Waals surface area contributed by atoms with Gasteiger partial charge in [0.25, 0.3) is 5.69 Å². The second-order valence-corrected chi connectivity index (χ2v) is 4.75. The van der Waals surface area contributed by atoms with E-state index in [1.165, 1.54) is 24.3 Å². The monoisotopic (exact) mass is 300 g/mol. The number of nitrogens with zero attached hydrogens (tertiary/aromatic N) is 2. The first-order chi connectivity index (χ1) is 10.4. The molecule has 2 rings (SSSR count). The van der Waals surface area contributed by atoms with Gasteiger partial charge >= 0.3 is 0 Å². The van der Waals surface area contributed by atoms with Crippen LogP contribution in [0, 0.1) is 27.4 Å². The molecule has 0 spiro atoms. The number of nitro benzene ring substituents is 1. The van der Waals surface area contributed by atoms with Crippen molar-refractivity contribution in [1.29, 1.82) is 5.26 Å². The smallest absolute Gasteiger partial charge is 0.269 e. The molecule has 0 unspecified atom stereocenters. The molecule has 1 atom stereocenters. The van der Waals surface area contributed by atoms with E-state index in [0.717, 1.165) is 0 Å². The van der Waals surface area contributed by atoms with Gasteiger partial charge < -0.3 is 10.6 Å². The lowest BCUT2D eigenvalue weighted by Crippen LogP contribution is -2.37. The average molecular weight is 300 g/mol. The molecule has 2 N–H and O–H groups in total. The van der Waals surface area contributed by atoms with Crippen LogP contribution in [-0.4, -0.2) is 16.7 Å². The minimum Gasteiger partial charge on any atom is -0.329 e. The van der Waals surface area contributed by atoms with Gasteiger partial charge in [-0.05, 0) is 19.1 Å². The van der Waals surface area contributed by atoms with Gasteiger partial charge in [0.1, 0.15) is 0 Å². The van der Waals surface area contributed by atoms with E-state index in [9.17, 15) is 19.7 Å². The van der Waals surface area contributed by atoms with Gasteiger partial charge in [0.15, 0.2) is 0 Å². The highest BCUT2D eigenvalue weighted by Gasteiger charge is 2.31. The molecule has 2 amide bonds. The van der Waals surface area contributed by atoms with Crippen LogP contribution in [0.15, 0.2) is 35.5 Å². The van der Waals surface area contributed by atoms with Crippen LogP contribution < -0.4 is 10.6 Å². The highest BCUT2D eigenvalue weighted by atomic mass is 16.6. The van der Waals surface area contributed by atoms with Gasteiger partial charge in [-0.2, -0.15) is 5.26 Å². The number of anilines is 1. The number of amides is 2.